The Morgan fingerprint density at radius 1 is 1.15 bits per heavy atom. The molecule has 7 heteroatoms. The Balaban J connectivity index is 1.81. The van der Waals surface area contributed by atoms with Crippen LogP contribution in [0.3, 0.4) is 0 Å². The zero-order valence-corrected chi connectivity index (χ0v) is 15.4. The quantitative estimate of drug-likeness (QED) is 0.698. The second-order valence-electron chi connectivity index (χ2n) is 6.12. The van der Waals surface area contributed by atoms with Gasteiger partial charge in [0.25, 0.3) is 5.56 Å². The molecule has 2 aromatic carbocycles. The molecule has 0 saturated carbocycles. The van der Waals surface area contributed by atoms with Crippen molar-refractivity contribution < 1.29 is 14.3 Å². The molecule has 0 bridgehead atoms. The summed E-state index contributed by atoms with van der Waals surface area (Å²) in [4.78, 5) is 24.4. The van der Waals surface area contributed by atoms with Gasteiger partial charge in [-0.2, -0.15) is 5.10 Å². The minimum Gasteiger partial charge on any atom is -0.497 e. The lowest BCUT2D eigenvalue weighted by atomic mass is 10.1. The fraction of sp³-hybridized carbons (Fsp3) is 0.250. The highest BCUT2D eigenvalue weighted by molar-refractivity contribution is 5.88. The molecular weight excluding hydrogens is 346 g/mol. The zero-order valence-electron chi connectivity index (χ0n) is 15.4. The maximum atomic E-state index is 12.6. The lowest BCUT2D eigenvalue weighted by Crippen LogP contribution is -2.29. The fourth-order valence-electron chi connectivity index (χ4n) is 3.01. The van der Waals surface area contributed by atoms with Gasteiger partial charge in [0.1, 0.15) is 11.5 Å². The summed E-state index contributed by atoms with van der Waals surface area (Å²) in [6.07, 6.45) is 0.0495. The molecule has 1 amide bonds. The van der Waals surface area contributed by atoms with Crippen molar-refractivity contribution in [2.45, 2.75) is 19.4 Å². The van der Waals surface area contributed by atoms with Gasteiger partial charge in [0, 0.05) is 10.9 Å². The second-order valence-corrected chi connectivity index (χ2v) is 6.12. The van der Waals surface area contributed by atoms with Crippen molar-refractivity contribution in [2.24, 2.45) is 0 Å². The van der Waals surface area contributed by atoms with Crippen LogP contribution >= 0.6 is 0 Å². The fourth-order valence-corrected chi connectivity index (χ4v) is 3.01. The van der Waals surface area contributed by atoms with Crippen molar-refractivity contribution >= 4 is 16.7 Å². The van der Waals surface area contributed by atoms with E-state index in [2.05, 4.69) is 15.5 Å². The van der Waals surface area contributed by atoms with Crippen molar-refractivity contribution in [3.05, 3.63) is 64.1 Å². The molecule has 0 aliphatic rings. The van der Waals surface area contributed by atoms with Gasteiger partial charge >= 0.3 is 0 Å². The molecular formula is C20H21N3O4. The van der Waals surface area contributed by atoms with E-state index in [1.165, 1.54) is 0 Å². The number of aromatic amines is 1. The van der Waals surface area contributed by atoms with Gasteiger partial charge in [-0.1, -0.05) is 18.2 Å². The average molecular weight is 367 g/mol. The zero-order chi connectivity index (χ0) is 19.4. The highest BCUT2D eigenvalue weighted by Crippen LogP contribution is 2.29. The van der Waals surface area contributed by atoms with Gasteiger partial charge in [0.05, 0.1) is 37.8 Å². The van der Waals surface area contributed by atoms with Gasteiger partial charge in [-0.15, -0.1) is 0 Å². The predicted octanol–water partition coefficient (Wildman–Crippen LogP) is 2.36. The molecule has 0 aliphatic heterocycles. The Hall–Kier alpha value is -3.35. The van der Waals surface area contributed by atoms with E-state index in [1.54, 1.807) is 44.6 Å². The number of aromatic nitrogens is 2. The van der Waals surface area contributed by atoms with E-state index >= 15 is 0 Å². The third-order valence-corrected chi connectivity index (χ3v) is 4.38. The Bertz CT molecular complexity index is 1030. The van der Waals surface area contributed by atoms with Crippen LogP contribution in [0.1, 0.15) is 24.2 Å². The molecule has 1 aromatic heterocycles. The van der Waals surface area contributed by atoms with Crippen LogP contribution in [0, 0.1) is 0 Å². The van der Waals surface area contributed by atoms with Gasteiger partial charge in [0.2, 0.25) is 5.91 Å². The van der Waals surface area contributed by atoms with Crippen LogP contribution in [-0.2, 0) is 11.2 Å². The van der Waals surface area contributed by atoms with Gasteiger partial charge in [-0.05, 0) is 31.2 Å². The van der Waals surface area contributed by atoms with Crippen molar-refractivity contribution in [1.29, 1.82) is 0 Å². The van der Waals surface area contributed by atoms with Crippen molar-refractivity contribution in [2.75, 3.05) is 14.2 Å². The molecule has 2 N–H and O–H groups in total. The Morgan fingerprint density at radius 2 is 1.89 bits per heavy atom. The SMILES string of the molecule is COc1ccc(OC)c([C@@H](C)NC(=O)Cc2n[nH]c(=O)c3ccccc23)c1. The number of carbonyl (C=O) groups excluding carboxylic acids is 1. The molecule has 3 rings (SSSR count). The first-order valence-electron chi connectivity index (χ1n) is 8.51. The molecule has 0 saturated heterocycles. The molecule has 0 spiro atoms. The molecule has 0 aliphatic carbocycles. The highest BCUT2D eigenvalue weighted by Gasteiger charge is 2.17. The number of nitrogens with zero attached hydrogens (tertiary/aromatic N) is 1. The van der Waals surface area contributed by atoms with E-state index in [4.69, 9.17) is 9.47 Å². The molecule has 7 nitrogen and oxygen atoms in total. The van der Waals surface area contributed by atoms with Gasteiger partial charge in [-0.3, -0.25) is 9.59 Å². The number of hydrogen-bond acceptors (Lipinski definition) is 5. The van der Waals surface area contributed by atoms with E-state index in [0.29, 0.717) is 28.0 Å². The van der Waals surface area contributed by atoms with E-state index in [1.807, 2.05) is 19.1 Å². The number of hydrogen-bond donors (Lipinski definition) is 2. The normalized spacial score (nSPS) is 11.8. The summed E-state index contributed by atoms with van der Waals surface area (Å²) >= 11 is 0. The molecule has 0 radical (unpaired) electrons. The summed E-state index contributed by atoms with van der Waals surface area (Å²) in [5.74, 6) is 1.13. The highest BCUT2D eigenvalue weighted by atomic mass is 16.5. The number of fused-ring (bicyclic) bond motifs is 1. The third-order valence-electron chi connectivity index (χ3n) is 4.38. The lowest BCUT2D eigenvalue weighted by molar-refractivity contribution is -0.121. The lowest BCUT2D eigenvalue weighted by Gasteiger charge is -2.18. The van der Waals surface area contributed by atoms with Crippen molar-refractivity contribution in [3.63, 3.8) is 0 Å². The van der Waals surface area contributed by atoms with E-state index in [-0.39, 0.29) is 23.9 Å². The summed E-state index contributed by atoms with van der Waals surface area (Å²) in [6, 6.07) is 12.2. The molecule has 0 unspecified atom stereocenters. The van der Waals surface area contributed by atoms with Crippen molar-refractivity contribution in [3.8, 4) is 11.5 Å². The van der Waals surface area contributed by atoms with Crippen LogP contribution in [0.2, 0.25) is 0 Å². The average Bonchev–Trinajstić information content (AvgIpc) is 2.69. The maximum Gasteiger partial charge on any atom is 0.272 e. The number of rotatable bonds is 6. The van der Waals surface area contributed by atoms with Crippen LogP contribution in [0.5, 0.6) is 11.5 Å². The van der Waals surface area contributed by atoms with Crippen LogP contribution < -0.4 is 20.3 Å². The first kappa shape index (κ1) is 18.4. The molecule has 0 fully saturated rings. The minimum absolute atomic E-state index is 0.0495. The number of methoxy groups -OCH3 is 2. The Kier molecular flexibility index (Phi) is 5.40. The van der Waals surface area contributed by atoms with Crippen LogP contribution in [0.15, 0.2) is 47.3 Å². The third kappa shape index (κ3) is 3.92. The number of nitrogens with one attached hydrogen (secondary N) is 2. The summed E-state index contributed by atoms with van der Waals surface area (Å²) in [5.41, 5.74) is 1.06. The number of H-pyrrole nitrogens is 1. The molecule has 140 valence electrons. The number of ether oxygens (including phenoxy) is 2. The van der Waals surface area contributed by atoms with Gasteiger partial charge in [0.15, 0.2) is 0 Å². The van der Waals surface area contributed by atoms with Crippen molar-refractivity contribution in [1.82, 2.24) is 15.5 Å². The Labute approximate surface area is 156 Å². The molecule has 3 aromatic rings. The number of benzene rings is 2. The largest absolute Gasteiger partial charge is 0.497 e. The van der Waals surface area contributed by atoms with E-state index < -0.39 is 0 Å². The predicted molar refractivity (Wildman–Crippen MR) is 102 cm³/mol. The summed E-state index contributed by atoms with van der Waals surface area (Å²) in [7, 11) is 3.16. The minimum atomic E-state index is -0.295. The standard InChI is InChI=1S/C20H21N3O4/c1-12(16-10-13(26-2)8-9-18(16)27-3)21-19(24)11-17-14-6-4-5-7-15(14)20(25)23-22-17/h4-10,12H,11H2,1-3H3,(H,21,24)(H,23,25)/t12-/m1/s1. The summed E-state index contributed by atoms with van der Waals surface area (Å²) in [6.45, 7) is 1.87. The summed E-state index contributed by atoms with van der Waals surface area (Å²) < 4.78 is 10.6. The first-order valence-corrected chi connectivity index (χ1v) is 8.51. The summed E-state index contributed by atoms with van der Waals surface area (Å²) in [5, 5.41) is 10.6. The maximum absolute atomic E-state index is 12.6. The van der Waals surface area contributed by atoms with Crippen LogP contribution in [-0.4, -0.2) is 30.3 Å². The van der Waals surface area contributed by atoms with Gasteiger partial charge < -0.3 is 14.8 Å². The Morgan fingerprint density at radius 3 is 2.59 bits per heavy atom. The monoisotopic (exact) mass is 367 g/mol. The molecule has 27 heavy (non-hydrogen) atoms. The molecule has 1 atom stereocenters. The van der Waals surface area contributed by atoms with E-state index in [0.717, 1.165) is 5.56 Å². The van der Waals surface area contributed by atoms with Crippen LogP contribution in [0.25, 0.3) is 10.8 Å². The van der Waals surface area contributed by atoms with E-state index in [9.17, 15) is 9.59 Å². The second kappa shape index (κ2) is 7.90. The topological polar surface area (TPSA) is 93.3 Å². The smallest absolute Gasteiger partial charge is 0.272 e. The molecule has 1 heterocycles. The van der Waals surface area contributed by atoms with Crippen LogP contribution in [0.4, 0.5) is 0 Å². The van der Waals surface area contributed by atoms with Gasteiger partial charge in [-0.25, -0.2) is 5.10 Å². The first-order chi connectivity index (χ1) is 13.0. The number of amides is 1. The number of carbonyl (C=O) groups is 1.